The number of hydrogen-bond donors (Lipinski definition) is 0. The van der Waals surface area contributed by atoms with Crippen LogP contribution in [-0.2, 0) is 0 Å². The van der Waals surface area contributed by atoms with E-state index in [0.717, 1.165) is 13.1 Å². The molecule has 1 unspecified atom stereocenters. The van der Waals surface area contributed by atoms with Crippen LogP contribution in [0.3, 0.4) is 0 Å². The van der Waals surface area contributed by atoms with Crippen molar-refractivity contribution in [3.63, 3.8) is 0 Å². The van der Waals surface area contributed by atoms with Gasteiger partial charge >= 0.3 is 0 Å². The van der Waals surface area contributed by atoms with Gasteiger partial charge in [0.2, 0.25) is 5.76 Å². The summed E-state index contributed by atoms with van der Waals surface area (Å²) in [5, 5.41) is 0.393. The summed E-state index contributed by atoms with van der Waals surface area (Å²) in [5.74, 6) is 1.45. The second kappa shape index (κ2) is 9.77. The highest BCUT2D eigenvalue weighted by Crippen LogP contribution is 2.42. The number of nitrogens with zero attached hydrogens (tertiary/aromatic N) is 2. The average molecular weight is 467 g/mol. The zero-order chi connectivity index (χ0) is 24.4. The first-order valence-corrected chi connectivity index (χ1v) is 11.4. The van der Waals surface area contributed by atoms with Crippen LogP contribution in [-0.4, -0.2) is 63.2 Å². The normalized spacial score (nSPS) is 15.2. The summed E-state index contributed by atoms with van der Waals surface area (Å²) in [6, 6.07) is 9.73. The lowest BCUT2D eigenvalue weighted by molar-refractivity contribution is 0.0706. The molecule has 34 heavy (non-hydrogen) atoms. The van der Waals surface area contributed by atoms with Gasteiger partial charge in [0.15, 0.2) is 5.43 Å². The summed E-state index contributed by atoms with van der Waals surface area (Å²) >= 11 is 0. The van der Waals surface area contributed by atoms with E-state index < -0.39 is 6.04 Å². The minimum absolute atomic E-state index is 0.0557. The van der Waals surface area contributed by atoms with Crippen LogP contribution in [0.2, 0.25) is 0 Å². The van der Waals surface area contributed by atoms with Crippen LogP contribution in [0.1, 0.15) is 41.6 Å². The molecule has 0 saturated heterocycles. The zero-order valence-corrected chi connectivity index (χ0v) is 20.2. The van der Waals surface area contributed by atoms with Gasteiger partial charge in [-0.25, -0.2) is 0 Å². The van der Waals surface area contributed by atoms with Gasteiger partial charge in [0.25, 0.3) is 5.91 Å². The zero-order valence-electron chi connectivity index (χ0n) is 20.2. The number of likely N-dealkylation sites (N-methyl/N-ethyl adjacent to an activating group) is 1. The fourth-order valence-electron chi connectivity index (χ4n) is 4.52. The van der Waals surface area contributed by atoms with E-state index in [1.807, 2.05) is 6.07 Å². The van der Waals surface area contributed by atoms with Crippen LogP contribution < -0.4 is 19.6 Å². The summed E-state index contributed by atoms with van der Waals surface area (Å²) in [6.45, 7) is 6.97. The van der Waals surface area contributed by atoms with Crippen LogP contribution in [0.15, 0.2) is 45.6 Å². The van der Waals surface area contributed by atoms with Crippen molar-refractivity contribution in [2.75, 3.05) is 47.5 Å². The van der Waals surface area contributed by atoms with Gasteiger partial charge in [-0.05, 0) is 43.4 Å². The molecule has 1 aliphatic rings. The molecular formula is C26H30N2O6. The van der Waals surface area contributed by atoms with E-state index in [0.29, 0.717) is 52.4 Å². The number of methoxy groups -OCH3 is 3. The van der Waals surface area contributed by atoms with E-state index in [4.69, 9.17) is 18.6 Å². The summed E-state index contributed by atoms with van der Waals surface area (Å²) in [5.41, 5.74) is 1.06. The second-order valence-corrected chi connectivity index (χ2v) is 8.07. The number of benzene rings is 2. The molecule has 3 aromatic rings. The fraction of sp³-hybridized carbons (Fsp3) is 0.385. The lowest BCUT2D eigenvalue weighted by Gasteiger charge is -2.29. The Morgan fingerprint density at radius 1 is 0.941 bits per heavy atom. The van der Waals surface area contributed by atoms with Crippen LogP contribution in [0.5, 0.6) is 17.2 Å². The first-order chi connectivity index (χ1) is 16.5. The van der Waals surface area contributed by atoms with Gasteiger partial charge in [-0.2, -0.15) is 0 Å². The van der Waals surface area contributed by atoms with Crippen molar-refractivity contribution in [1.82, 2.24) is 9.80 Å². The summed E-state index contributed by atoms with van der Waals surface area (Å²) < 4.78 is 22.4. The monoisotopic (exact) mass is 466 g/mol. The topological polar surface area (TPSA) is 81.5 Å². The number of amides is 1. The Labute approximate surface area is 198 Å². The van der Waals surface area contributed by atoms with Gasteiger partial charge in [0, 0.05) is 24.7 Å². The average Bonchev–Trinajstić information content (AvgIpc) is 3.15. The Morgan fingerprint density at radius 3 is 2.26 bits per heavy atom. The molecule has 0 radical (unpaired) electrons. The molecule has 8 heteroatoms. The largest absolute Gasteiger partial charge is 0.497 e. The van der Waals surface area contributed by atoms with Gasteiger partial charge in [0.05, 0.1) is 38.3 Å². The maximum absolute atomic E-state index is 13.7. The lowest BCUT2D eigenvalue weighted by atomic mass is 9.97. The summed E-state index contributed by atoms with van der Waals surface area (Å²) in [7, 11) is 4.68. The Balaban J connectivity index is 1.94. The van der Waals surface area contributed by atoms with Crippen LogP contribution in [0, 0.1) is 0 Å². The first kappa shape index (κ1) is 23.6. The standard InChI is InChI=1S/C26H30N2O6/c1-6-27(7-2)12-13-28-23(19-14-16(31-3)9-11-20(19)33-5)22-24(29)18-10-8-17(32-4)15-21(18)34-25(22)26(28)30/h8-11,14-15,23H,6-7,12-13H2,1-5H3. The number of carbonyl (C=O) groups is 1. The van der Waals surface area contributed by atoms with Crippen molar-refractivity contribution in [2.45, 2.75) is 19.9 Å². The summed E-state index contributed by atoms with van der Waals surface area (Å²) in [4.78, 5) is 31.3. The second-order valence-electron chi connectivity index (χ2n) is 8.07. The quantitative estimate of drug-likeness (QED) is 0.476. The Bertz CT molecular complexity index is 1260. The molecule has 1 atom stereocenters. The third-order valence-corrected chi connectivity index (χ3v) is 6.46. The van der Waals surface area contributed by atoms with Gasteiger partial charge in [0.1, 0.15) is 22.8 Å². The number of rotatable bonds is 9. The van der Waals surface area contributed by atoms with Crippen LogP contribution in [0.4, 0.5) is 0 Å². The maximum atomic E-state index is 13.7. The van der Waals surface area contributed by atoms with Crippen molar-refractivity contribution in [1.29, 1.82) is 0 Å². The van der Waals surface area contributed by atoms with E-state index >= 15 is 0 Å². The number of carbonyl (C=O) groups excluding carboxylic acids is 1. The van der Waals surface area contributed by atoms with Gasteiger partial charge in [-0.3, -0.25) is 9.59 Å². The van der Waals surface area contributed by atoms with Crippen molar-refractivity contribution in [3.05, 3.63) is 63.5 Å². The SMILES string of the molecule is CCN(CC)CCN1C(=O)c2oc3cc(OC)ccc3c(=O)c2C1c1cc(OC)ccc1OC. The van der Waals surface area contributed by atoms with Crippen molar-refractivity contribution < 1.29 is 23.4 Å². The third kappa shape index (κ3) is 3.98. The third-order valence-electron chi connectivity index (χ3n) is 6.46. The molecule has 2 aromatic carbocycles. The summed E-state index contributed by atoms with van der Waals surface area (Å²) in [6.07, 6.45) is 0. The smallest absolute Gasteiger partial charge is 0.290 e. The number of ether oxygens (including phenoxy) is 3. The maximum Gasteiger partial charge on any atom is 0.290 e. The molecule has 180 valence electrons. The van der Waals surface area contributed by atoms with Gasteiger partial charge in [-0.15, -0.1) is 0 Å². The van der Waals surface area contributed by atoms with Crippen molar-refractivity contribution >= 4 is 16.9 Å². The molecule has 0 bridgehead atoms. The Morgan fingerprint density at radius 2 is 1.62 bits per heavy atom. The molecule has 0 saturated carbocycles. The Hall–Kier alpha value is -3.52. The predicted molar refractivity (Wildman–Crippen MR) is 129 cm³/mol. The van der Waals surface area contributed by atoms with E-state index in [1.54, 1.807) is 49.5 Å². The molecule has 2 heterocycles. The highest BCUT2D eigenvalue weighted by atomic mass is 16.5. The van der Waals surface area contributed by atoms with Crippen LogP contribution >= 0.6 is 0 Å². The Kier molecular flexibility index (Phi) is 6.79. The van der Waals surface area contributed by atoms with E-state index in [1.165, 1.54) is 7.11 Å². The van der Waals surface area contributed by atoms with Crippen molar-refractivity contribution in [3.8, 4) is 17.2 Å². The minimum atomic E-state index is -0.661. The van der Waals surface area contributed by atoms with E-state index in [9.17, 15) is 9.59 Å². The molecule has 1 aliphatic heterocycles. The molecule has 0 aliphatic carbocycles. The molecule has 0 spiro atoms. The highest BCUT2D eigenvalue weighted by molar-refractivity contribution is 5.99. The van der Waals surface area contributed by atoms with Crippen LogP contribution in [0.25, 0.3) is 11.0 Å². The first-order valence-electron chi connectivity index (χ1n) is 11.4. The predicted octanol–water partition coefficient (Wildman–Crippen LogP) is 3.71. The molecule has 1 aromatic heterocycles. The minimum Gasteiger partial charge on any atom is -0.497 e. The molecular weight excluding hydrogens is 436 g/mol. The molecule has 1 amide bonds. The number of fused-ring (bicyclic) bond motifs is 2. The highest BCUT2D eigenvalue weighted by Gasteiger charge is 2.44. The van der Waals surface area contributed by atoms with Gasteiger partial charge < -0.3 is 28.4 Å². The van der Waals surface area contributed by atoms with Gasteiger partial charge in [-0.1, -0.05) is 13.8 Å². The van der Waals surface area contributed by atoms with Crippen molar-refractivity contribution in [2.24, 2.45) is 0 Å². The number of hydrogen-bond acceptors (Lipinski definition) is 7. The van der Waals surface area contributed by atoms with E-state index in [2.05, 4.69) is 18.7 Å². The fourth-order valence-corrected chi connectivity index (χ4v) is 4.52. The molecule has 8 nitrogen and oxygen atoms in total. The lowest BCUT2D eigenvalue weighted by Crippen LogP contribution is -2.38. The van der Waals surface area contributed by atoms with E-state index in [-0.39, 0.29) is 17.1 Å². The molecule has 4 rings (SSSR count). The molecule has 0 fully saturated rings. The molecule has 0 N–H and O–H groups in total.